The second kappa shape index (κ2) is 6.19. The Balaban J connectivity index is 1.89. The molecule has 0 radical (unpaired) electrons. The normalized spacial score (nSPS) is 11.2. The summed E-state index contributed by atoms with van der Waals surface area (Å²) in [5.41, 5.74) is 6.43. The van der Waals surface area contributed by atoms with E-state index in [0.29, 0.717) is 15.9 Å². The zero-order valence-corrected chi connectivity index (χ0v) is 13.0. The van der Waals surface area contributed by atoms with Crippen LogP contribution in [0.2, 0.25) is 0 Å². The van der Waals surface area contributed by atoms with E-state index in [4.69, 9.17) is 10.5 Å². The summed E-state index contributed by atoms with van der Waals surface area (Å²) < 4.78 is 5.41. The van der Waals surface area contributed by atoms with E-state index in [-0.39, 0.29) is 12.5 Å². The van der Waals surface area contributed by atoms with Crippen LogP contribution in [0.5, 0.6) is 5.75 Å². The van der Waals surface area contributed by atoms with Crippen molar-refractivity contribution in [2.75, 3.05) is 11.9 Å². The predicted molar refractivity (Wildman–Crippen MR) is 82.4 cm³/mol. The molecule has 0 saturated heterocycles. The predicted octanol–water partition coefficient (Wildman–Crippen LogP) is 2.06. The molecular weight excluding hydrogens is 288 g/mol. The van der Waals surface area contributed by atoms with Crippen LogP contribution >= 0.6 is 11.3 Å². The molecule has 2 aromatic rings. The fraction of sp³-hybridized carbons (Fsp3) is 0.357. The third kappa shape index (κ3) is 4.51. The maximum Gasteiger partial charge on any atom is 0.264 e. The van der Waals surface area contributed by atoms with Crippen molar-refractivity contribution in [1.29, 1.82) is 0 Å². The van der Waals surface area contributed by atoms with Gasteiger partial charge in [-0.05, 0) is 38.5 Å². The minimum Gasteiger partial charge on any atom is -0.484 e. The first-order valence-corrected chi connectivity index (χ1v) is 7.28. The number of amides is 1. The van der Waals surface area contributed by atoms with Crippen molar-refractivity contribution in [3.05, 3.63) is 34.8 Å². The summed E-state index contributed by atoms with van der Waals surface area (Å²) in [5, 5.41) is 11.6. The average molecular weight is 306 g/mol. The quantitative estimate of drug-likeness (QED) is 0.882. The Morgan fingerprint density at radius 1 is 1.43 bits per heavy atom. The third-order valence-corrected chi connectivity index (χ3v) is 3.76. The molecule has 0 fully saturated rings. The lowest BCUT2D eigenvalue weighted by molar-refractivity contribution is -0.118. The largest absolute Gasteiger partial charge is 0.484 e. The van der Waals surface area contributed by atoms with Gasteiger partial charge in [0.15, 0.2) is 6.61 Å². The van der Waals surface area contributed by atoms with Gasteiger partial charge in [-0.25, -0.2) is 0 Å². The number of hydrogen-bond donors (Lipinski definition) is 2. The minimum atomic E-state index is -0.571. The number of carbonyl (C=O) groups is 1. The first-order valence-electron chi connectivity index (χ1n) is 6.47. The third-order valence-electron chi connectivity index (χ3n) is 2.58. The maximum atomic E-state index is 11.8. The van der Waals surface area contributed by atoms with Gasteiger partial charge in [0.2, 0.25) is 5.13 Å². The van der Waals surface area contributed by atoms with Crippen molar-refractivity contribution in [2.45, 2.75) is 26.3 Å². The highest BCUT2D eigenvalue weighted by molar-refractivity contribution is 7.15. The van der Waals surface area contributed by atoms with Gasteiger partial charge in [0, 0.05) is 0 Å². The smallest absolute Gasteiger partial charge is 0.264 e. The number of rotatable bonds is 5. The zero-order valence-electron chi connectivity index (χ0n) is 12.2. The summed E-state index contributed by atoms with van der Waals surface area (Å²) >= 11 is 1.26. The summed E-state index contributed by atoms with van der Waals surface area (Å²) in [6.45, 7) is 5.55. The molecule has 3 N–H and O–H groups in total. The van der Waals surface area contributed by atoms with Crippen molar-refractivity contribution in [2.24, 2.45) is 5.73 Å². The lowest BCUT2D eigenvalue weighted by Crippen LogP contribution is -2.28. The van der Waals surface area contributed by atoms with E-state index < -0.39 is 5.54 Å². The Morgan fingerprint density at radius 2 is 2.19 bits per heavy atom. The van der Waals surface area contributed by atoms with Crippen LogP contribution < -0.4 is 15.8 Å². The Morgan fingerprint density at radius 3 is 2.81 bits per heavy atom. The number of aryl methyl sites for hydroxylation is 1. The van der Waals surface area contributed by atoms with Gasteiger partial charge in [0.25, 0.3) is 5.91 Å². The fourth-order valence-electron chi connectivity index (χ4n) is 1.54. The number of nitrogens with one attached hydrogen (secondary N) is 1. The van der Waals surface area contributed by atoms with Gasteiger partial charge in [0.1, 0.15) is 10.8 Å². The topological polar surface area (TPSA) is 90.1 Å². The van der Waals surface area contributed by atoms with Gasteiger partial charge in [-0.1, -0.05) is 23.5 Å². The van der Waals surface area contributed by atoms with E-state index in [1.807, 2.05) is 39.0 Å². The first-order chi connectivity index (χ1) is 9.84. The van der Waals surface area contributed by atoms with Crippen LogP contribution in [0, 0.1) is 6.92 Å². The van der Waals surface area contributed by atoms with Crippen LogP contribution in [0.25, 0.3) is 0 Å². The van der Waals surface area contributed by atoms with E-state index in [2.05, 4.69) is 15.5 Å². The monoisotopic (exact) mass is 306 g/mol. The van der Waals surface area contributed by atoms with Crippen molar-refractivity contribution in [3.63, 3.8) is 0 Å². The van der Waals surface area contributed by atoms with Crippen molar-refractivity contribution in [3.8, 4) is 5.75 Å². The molecular formula is C14H18N4O2S. The molecule has 1 aromatic heterocycles. The molecule has 0 atom stereocenters. The second-order valence-corrected chi connectivity index (χ2v) is 6.26. The van der Waals surface area contributed by atoms with Crippen LogP contribution in [0.1, 0.15) is 24.4 Å². The molecule has 0 aliphatic heterocycles. The molecule has 0 saturated carbocycles. The van der Waals surface area contributed by atoms with E-state index in [0.717, 1.165) is 5.56 Å². The average Bonchev–Trinajstić information content (AvgIpc) is 2.85. The summed E-state index contributed by atoms with van der Waals surface area (Å²) in [6.07, 6.45) is 0. The molecule has 0 unspecified atom stereocenters. The minimum absolute atomic E-state index is 0.0790. The summed E-state index contributed by atoms with van der Waals surface area (Å²) in [5.74, 6) is 0.375. The molecule has 6 nitrogen and oxygen atoms in total. The first kappa shape index (κ1) is 15.4. The van der Waals surface area contributed by atoms with Gasteiger partial charge in [-0.15, -0.1) is 10.2 Å². The molecule has 1 aromatic carbocycles. The number of ether oxygens (including phenoxy) is 1. The molecule has 1 heterocycles. The molecule has 2 rings (SSSR count). The van der Waals surface area contributed by atoms with Gasteiger partial charge >= 0.3 is 0 Å². The maximum absolute atomic E-state index is 11.8. The lowest BCUT2D eigenvalue weighted by atomic mass is 10.1. The molecule has 1 amide bonds. The van der Waals surface area contributed by atoms with Crippen LogP contribution in [-0.4, -0.2) is 22.7 Å². The van der Waals surface area contributed by atoms with E-state index >= 15 is 0 Å². The van der Waals surface area contributed by atoms with Crippen molar-refractivity contribution < 1.29 is 9.53 Å². The van der Waals surface area contributed by atoms with Gasteiger partial charge in [-0.3, -0.25) is 10.1 Å². The van der Waals surface area contributed by atoms with Crippen LogP contribution in [0.3, 0.4) is 0 Å². The van der Waals surface area contributed by atoms with E-state index in [9.17, 15) is 4.79 Å². The van der Waals surface area contributed by atoms with Crippen LogP contribution in [-0.2, 0) is 10.3 Å². The summed E-state index contributed by atoms with van der Waals surface area (Å²) in [4.78, 5) is 11.8. The Kier molecular flexibility index (Phi) is 4.54. The number of carbonyl (C=O) groups excluding carboxylic acids is 1. The SMILES string of the molecule is Cc1cccc(OCC(=O)Nc2nnc(C(C)(C)N)s2)c1. The van der Waals surface area contributed by atoms with E-state index in [1.165, 1.54) is 11.3 Å². The molecule has 0 bridgehead atoms. The van der Waals surface area contributed by atoms with Crippen LogP contribution in [0.4, 0.5) is 5.13 Å². The number of nitrogens with zero attached hydrogens (tertiary/aromatic N) is 2. The number of nitrogens with two attached hydrogens (primary N) is 1. The molecule has 112 valence electrons. The van der Waals surface area contributed by atoms with Crippen molar-refractivity contribution in [1.82, 2.24) is 10.2 Å². The summed E-state index contributed by atoms with van der Waals surface area (Å²) in [7, 11) is 0. The summed E-state index contributed by atoms with van der Waals surface area (Å²) in [6, 6.07) is 7.51. The Labute approximate surface area is 127 Å². The van der Waals surface area contributed by atoms with E-state index in [1.54, 1.807) is 6.07 Å². The second-order valence-electron chi connectivity index (χ2n) is 5.29. The van der Waals surface area contributed by atoms with Crippen molar-refractivity contribution >= 4 is 22.4 Å². The highest BCUT2D eigenvalue weighted by Gasteiger charge is 2.20. The molecule has 0 spiro atoms. The highest BCUT2D eigenvalue weighted by Crippen LogP contribution is 2.23. The molecule has 0 aliphatic rings. The molecule has 21 heavy (non-hydrogen) atoms. The number of aromatic nitrogens is 2. The molecule has 7 heteroatoms. The Bertz CT molecular complexity index is 634. The highest BCUT2D eigenvalue weighted by atomic mass is 32.1. The number of hydrogen-bond acceptors (Lipinski definition) is 6. The van der Waals surface area contributed by atoms with Gasteiger partial charge in [0.05, 0.1) is 5.54 Å². The Hall–Kier alpha value is -1.99. The number of benzene rings is 1. The van der Waals surface area contributed by atoms with Crippen LogP contribution in [0.15, 0.2) is 24.3 Å². The van der Waals surface area contributed by atoms with Gasteiger partial charge < -0.3 is 10.5 Å². The number of anilines is 1. The van der Waals surface area contributed by atoms with Gasteiger partial charge in [-0.2, -0.15) is 0 Å². The fourth-order valence-corrected chi connectivity index (χ4v) is 2.32. The zero-order chi connectivity index (χ0) is 15.5. The molecule has 0 aliphatic carbocycles. The standard InChI is InChI=1S/C14H18N4O2S/c1-9-5-4-6-10(7-9)20-8-11(19)16-13-18-17-12(21-13)14(2,3)15/h4-7H,8,15H2,1-3H3,(H,16,18,19). The lowest BCUT2D eigenvalue weighted by Gasteiger charge is -2.12.